The van der Waals surface area contributed by atoms with Gasteiger partial charge in [0.2, 0.25) is 15.9 Å². The maximum Gasteiger partial charge on any atom is 0.310 e. The van der Waals surface area contributed by atoms with Crippen LogP contribution >= 0.6 is 0 Å². The Morgan fingerprint density at radius 1 is 0.886 bits per heavy atom. The molecule has 0 fully saturated rings. The summed E-state index contributed by atoms with van der Waals surface area (Å²) in [5.41, 5.74) is 3.19. The van der Waals surface area contributed by atoms with Gasteiger partial charge in [-0.1, -0.05) is 54.6 Å². The fourth-order valence-electron chi connectivity index (χ4n) is 3.51. The number of carbonyl (C=O) groups excluding carboxylic acids is 2. The third kappa shape index (κ3) is 8.05. The lowest BCUT2D eigenvalue weighted by Gasteiger charge is -2.15. The number of anilines is 1. The minimum atomic E-state index is -3.67. The van der Waals surface area contributed by atoms with Crippen molar-refractivity contribution in [2.75, 3.05) is 11.9 Å². The quantitative estimate of drug-likeness (QED) is 0.385. The lowest BCUT2D eigenvalue weighted by molar-refractivity contribution is -0.142. The Morgan fingerprint density at radius 2 is 1.51 bits per heavy atom. The van der Waals surface area contributed by atoms with E-state index in [0.29, 0.717) is 18.7 Å². The van der Waals surface area contributed by atoms with Gasteiger partial charge in [0, 0.05) is 18.2 Å². The maximum absolute atomic E-state index is 12.7. The number of esters is 1. The maximum atomic E-state index is 12.7. The first kappa shape index (κ1) is 26.1. The van der Waals surface area contributed by atoms with Gasteiger partial charge in [-0.2, -0.15) is 0 Å². The molecule has 0 heterocycles. The van der Waals surface area contributed by atoms with E-state index >= 15 is 0 Å². The summed E-state index contributed by atoms with van der Waals surface area (Å²) in [6.07, 6.45) is 0.912. The van der Waals surface area contributed by atoms with E-state index < -0.39 is 10.0 Å². The van der Waals surface area contributed by atoms with Gasteiger partial charge >= 0.3 is 5.97 Å². The summed E-state index contributed by atoms with van der Waals surface area (Å²) >= 11 is 0. The van der Waals surface area contributed by atoms with Crippen LogP contribution in [0.1, 0.15) is 43.0 Å². The molecule has 0 aliphatic carbocycles. The largest absolute Gasteiger partial charge is 0.466 e. The van der Waals surface area contributed by atoms with E-state index in [9.17, 15) is 18.0 Å². The molecule has 3 rings (SSSR count). The molecule has 0 aliphatic heterocycles. The summed E-state index contributed by atoms with van der Waals surface area (Å²) in [6, 6.07) is 22.6. The highest BCUT2D eigenvalue weighted by atomic mass is 32.2. The van der Waals surface area contributed by atoms with Gasteiger partial charge in [0.15, 0.2) is 0 Å². The Hall–Kier alpha value is -3.49. The molecule has 7 nitrogen and oxygen atoms in total. The van der Waals surface area contributed by atoms with Crippen molar-refractivity contribution in [2.45, 2.75) is 44.0 Å². The van der Waals surface area contributed by atoms with Crippen molar-refractivity contribution in [1.29, 1.82) is 0 Å². The summed E-state index contributed by atoms with van der Waals surface area (Å²) < 4.78 is 33.0. The molecule has 0 saturated heterocycles. The van der Waals surface area contributed by atoms with Gasteiger partial charge < -0.3 is 10.1 Å². The smallest absolute Gasteiger partial charge is 0.310 e. The summed E-state index contributed by atoms with van der Waals surface area (Å²) in [5.74, 6) is -0.442. The van der Waals surface area contributed by atoms with Crippen molar-refractivity contribution in [3.05, 3.63) is 95.6 Å². The van der Waals surface area contributed by atoms with Crippen LogP contribution in [0.3, 0.4) is 0 Å². The Bertz CT molecular complexity index is 1220. The molecule has 3 aromatic carbocycles. The Balaban J connectivity index is 1.50. The number of aryl methyl sites for hydroxylation is 1. The van der Waals surface area contributed by atoms with Crippen molar-refractivity contribution in [3.8, 4) is 0 Å². The Labute approximate surface area is 206 Å². The molecule has 0 saturated carbocycles. The second kappa shape index (κ2) is 12.3. The average Bonchev–Trinajstić information content (AvgIpc) is 2.85. The van der Waals surface area contributed by atoms with Crippen LogP contribution in [0.25, 0.3) is 0 Å². The molecule has 1 amide bonds. The molecule has 8 heteroatoms. The van der Waals surface area contributed by atoms with Crippen molar-refractivity contribution >= 4 is 27.6 Å². The zero-order chi connectivity index (χ0) is 25.3. The molecule has 3 aromatic rings. The minimum Gasteiger partial charge on any atom is -0.466 e. The van der Waals surface area contributed by atoms with Crippen LogP contribution in [-0.2, 0) is 37.2 Å². The van der Waals surface area contributed by atoms with E-state index in [1.165, 1.54) is 0 Å². The standard InChI is InChI=1S/C27H30N2O5S/c1-3-34-27(31)19-22-9-14-24(15-10-22)28-26(30)18-13-21-11-16-25(17-12-21)35(32,33)29-20(2)23-7-5-4-6-8-23/h4-12,14-17,20,29H,3,13,18-19H2,1-2H3,(H,28,30)/t20-/m1/s1. The number of sulfonamides is 1. The molecule has 1 atom stereocenters. The number of hydrogen-bond acceptors (Lipinski definition) is 5. The van der Waals surface area contributed by atoms with Crippen molar-refractivity contribution in [2.24, 2.45) is 0 Å². The zero-order valence-corrected chi connectivity index (χ0v) is 20.7. The summed E-state index contributed by atoms with van der Waals surface area (Å²) in [6.45, 7) is 3.90. The van der Waals surface area contributed by atoms with Crippen molar-refractivity contribution in [1.82, 2.24) is 4.72 Å². The van der Waals surface area contributed by atoms with Crippen LogP contribution in [0.15, 0.2) is 83.8 Å². The molecule has 35 heavy (non-hydrogen) atoms. The highest BCUT2D eigenvalue weighted by molar-refractivity contribution is 7.89. The molecule has 0 aromatic heterocycles. The van der Waals surface area contributed by atoms with Gasteiger partial charge in [0.25, 0.3) is 0 Å². The van der Waals surface area contributed by atoms with Gasteiger partial charge in [0.05, 0.1) is 17.9 Å². The number of carbonyl (C=O) groups is 2. The third-order valence-electron chi connectivity index (χ3n) is 5.40. The predicted octanol–water partition coefficient (Wildman–Crippen LogP) is 4.40. The van der Waals surface area contributed by atoms with Gasteiger partial charge in [-0.05, 0) is 61.2 Å². The first-order chi connectivity index (χ1) is 16.8. The van der Waals surface area contributed by atoms with Crippen LogP contribution in [0.4, 0.5) is 5.69 Å². The number of amides is 1. The number of nitrogens with one attached hydrogen (secondary N) is 2. The molecule has 0 unspecified atom stereocenters. The molecule has 0 spiro atoms. The molecular formula is C27H30N2O5S. The second-order valence-corrected chi connectivity index (χ2v) is 9.84. The van der Waals surface area contributed by atoms with Crippen LogP contribution in [-0.4, -0.2) is 26.9 Å². The average molecular weight is 495 g/mol. The molecule has 0 aliphatic rings. The van der Waals surface area contributed by atoms with Crippen LogP contribution in [0.5, 0.6) is 0 Å². The molecular weight excluding hydrogens is 464 g/mol. The predicted molar refractivity (Wildman–Crippen MR) is 135 cm³/mol. The number of hydrogen-bond donors (Lipinski definition) is 2. The second-order valence-electron chi connectivity index (χ2n) is 8.12. The third-order valence-corrected chi connectivity index (χ3v) is 6.95. The Kier molecular flexibility index (Phi) is 9.17. The Morgan fingerprint density at radius 3 is 2.14 bits per heavy atom. The highest BCUT2D eigenvalue weighted by Crippen LogP contribution is 2.18. The normalized spacial score (nSPS) is 12.1. The number of ether oxygens (including phenoxy) is 1. The van der Waals surface area contributed by atoms with E-state index in [4.69, 9.17) is 4.74 Å². The van der Waals surface area contributed by atoms with Gasteiger partial charge in [-0.15, -0.1) is 0 Å². The van der Waals surface area contributed by atoms with Gasteiger partial charge in [0.1, 0.15) is 0 Å². The first-order valence-electron chi connectivity index (χ1n) is 11.5. The molecule has 0 radical (unpaired) electrons. The molecule has 184 valence electrons. The van der Waals surface area contributed by atoms with Crippen molar-refractivity contribution < 1.29 is 22.7 Å². The SMILES string of the molecule is CCOC(=O)Cc1ccc(NC(=O)CCc2ccc(S(=O)(=O)N[C@H](C)c3ccccc3)cc2)cc1. The zero-order valence-electron chi connectivity index (χ0n) is 19.9. The van der Waals surface area contributed by atoms with E-state index in [1.54, 1.807) is 62.4 Å². The lowest BCUT2D eigenvalue weighted by atomic mass is 10.1. The topological polar surface area (TPSA) is 102 Å². The summed E-state index contributed by atoms with van der Waals surface area (Å²) in [7, 11) is -3.67. The summed E-state index contributed by atoms with van der Waals surface area (Å²) in [5, 5.41) is 2.83. The van der Waals surface area contributed by atoms with Crippen LogP contribution in [0, 0.1) is 0 Å². The van der Waals surface area contributed by atoms with Gasteiger partial charge in [-0.25, -0.2) is 13.1 Å². The molecule has 0 bridgehead atoms. The fourth-order valence-corrected chi connectivity index (χ4v) is 4.74. The lowest BCUT2D eigenvalue weighted by Crippen LogP contribution is -2.26. The highest BCUT2D eigenvalue weighted by Gasteiger charge is 2.18. The molecule has 2 N–H and O–H groups in total. The van der Waals surface area contributed by atoms with Gasteiger partial charge in [-0.3, -0.25) is 9.59 Å². The first-order valence-corrected chi connectivity index (χ1v) is 13.0. The van der Waals surface area contributed by atoms with E-state index in [1.807, 2.05) is 30.3 Å². The number of benzene rings is 3. The summed E-state index contributed by atoms with van der Waals surface area (Å²) in [4.78, 5) is 24.0. The van der Waals surface area contributed by atoms with Crippen molar-refractivity contribution in [3.63, 3.8) is 0 Å². The monoisotopic (exact) mass is 494 g/mol. The fraction of sp³-hybridized carbons (Fsp3) is 0.259. The number of rotatable bonds is 11. The minimum absolute atomic E-state index is 0.154. The van der Waals surface area contributed by atoms with Crippen LogP contribution < -0.4 is 10.0 Å². The van der Waals surface area contributed by atoms with E-state index in [-0.39, 0.29) is 35.7 Å². The van der Waals surface area contributed by atoms with Crippen LogP contribution in [0.2, 0.25) is 0 Å². The van der Waals surface area contributed by atoms with E-state index in [0.717, 1.165) is 16.7 Å². The van der Waals surface area contributed by atoms with E-state index in [2.05, 4.69) is 10.0 Å².